The van der Waals surface area contributed by atoms with Crippen molar-refractivity contribution in [3.63, 3.8) is 0 Å². The Labute approximate surface area is 118 Å². The highest BCUT2D eigenvalue weighted by Crippen LogP contribution is 2.27. The Kier molecular flexibility index (Phi) is 4.12. The number of nitro groups is 1. The average molecular weight is 294 g/mol. The van der Waals surface area contributed by atoms with E-state index in [9.17, 15) is 19.3 Å². The molecule has 2 N–H and O–H groups in total. The Morgan fingerprint density at radius 1 is 1.52 bits per heavy atom. The number of carbonyl (C=O) groups is 1. The summed E-state index contributed by atoms with van der Waals surface area (Å²) in [5, 5.41) is 26.4. The number of halogens is 1. The Bertz CT molecular complexity index is 672. The van der Waals surface area contributed by atoms with Gasteiger partial charge in [-0.15, -0.1) is 0 Å². The first kappa shape index (κ1) is 14.4. The van der Waals surface area contributed by atoms with E-state index in [1.54, 1.807) is 23.1 Å². The minimum Gasteiger partial charge on any atom is -0.478 e. The lowest BCUT2D eigenvalue weighted by Crippen LogP contribution is -2.13. The van der Waals surface area contributed by atoms with Gasteiger partial charge in [-0.3, -0.25) is 14.8 Å². The lowest BCUT2D eigenvalue weighted by molar-refractivity contribution is -0.384. The standard InChI is InChI=1S/C12H11FN4O4/c13-9-7-10(14-3-5-16-4-1-2-15-16)11(17(20)21)6-8(9)12(18)19/h1-2,4,6-7,14H,3,5H2,(H,18,19). The molecule has 1 aromatic heterocycles. The van der Waals surface area contributed by atoms with Crippen LogP contribution in [-0.2, 0) is 6.54 Å². The summed E-state index contributed by atoms with van der Waals surface area (Å²) >= 11 is 0. The number of carboxylic acid groups (broad SMARTS) is 1. The van der Waals surface area contributed by atoms with Crippen LogP contribution in [0.25, 0.3) is 0 Å². The Hall–Kier alpha value is -2.97. The molecule has 1 heterocycles. The highest BCUT2D eigenvalue weighted by atomic mass is 19.1. The number of nitrogens with zero attached hydrogens (tertiary/aromatic N) is 3. The molecular weight excluding hydrogens is 283 g/mol. The minimum atomic E-state index is -1.56. The van der Waals surface area contributed by atoms with Crippen LogP contribution in [0.2, 0.25) is 0 Å². The molecule has 0 aliphatic heterocycles. The molecule has 21 heavy (non-hydrogen) atoms. The fourth-order valence-electron chi connectivity index (χ4n) is 1.76. The Balaban J connectivity index is 2.19. The number of carboxylic acids is 1. The van der Waals surface area contributed by atoms with Gasteiger partial charge in [0.1, 0.15) is 17.1 Å². The van der Waals surface area contributed by atoms with Gasteiger partial charge in [0.05, 0.1) is 11.5 Å². The molecule has 0 bridgehead atoms. The van der Waals surface area contributed by atoms with Gasteiger partial charge in [-0.1, -0.05) is 0 Å². The van der Waals surface area contributed by atoms with Crippen molar-refractivity contribution in [3.05, 3.63) is 52.1 Å². The number of hydrogen-bond donors (Lipinski definition) is 2. The molecule has 0 aliphatic carbocycles. The number of nitrogens with one attached hydrogen (secondary N) is 1. The predicted molar refractivity (Wildman–Crippen MR) is 70.7 cm³/mol. The molecule has 2 rings (SSSR count). The molecule has 0 atom stereocenters. The quantitative estimate of drug-likeness (QED) is 0.620. The summed E-state index contributed by atoms with van der Waals surface area (Å²) in [6.07, 6.45) is 3.30. The third-order valence-electron chi connectivity index (χ3n) is 2.73. The fraction of sp³-hybridized carbons (Fsp3) is 0.167. The third kappa shape index (κ3) is 3.32. The van der Waals surface area contributed by atoms with E-state index in [1.807, 2.05) is 0 Å². The molecule has 0 aliphatic rings. The van der Waals surface area contributed by atoms with E-state index in [1.165, 1.54) is 0 Å². The molecule has 0 fully saturated rings. The molecule has 0 saturated carbocycles. The summed E-state index contributed by atoms with van der Waals surface area (Å²) in [5.74, 6) is -2.59. The molecular formula is C12H11FN4O4. The minimum absolute atomic E-state index is 0.0744. The molecule has 8 nitrogen and oxygen atoms in total. The second-order valence-electron chi connectivity index (χ2n) is 4.11. The number of rotatable bonds is 6. The molecule has 0 unspecified atom stereocenters. The first-order valence-corrected chi connectivity index (χ1v) is 5.91. The van der Waals surface area contributed by atoms with Gasteiger partial charge in [0.25, 0.3) is 5.69 Å². The topological polar surface area (TPSA) is 110 Å². The Morgan fingerprint density at radius 2 is 2.29 bits per heavy atom. The maximum absolute atomic E-state index is 13.6. The normalized spacial score (nSPS) is 10.3. The number of anilines is 1. The molecule has 0 amide bonds. The lowest BCUT2D eigenvalue weighted by Gasteiger charge is -2.08. The maximum atomic E-state index is 13.6. The molecule has 0 saturated heterocycles. The number of aromatic nitrogens is 2. The van der Waals surface area contributed by atoms with Crippen LogP contribution in [0, 0.1) is 15.9 Å². The van der Waals surface area contributed by atoms with Gasteiger partial charge in [0.15, 0.2) is 0 Å². The van der Waals surface area contributed by atoms with Crippen LogP contribution >= 0.6 is 0 Å². The van der Waals surface area contributed by atoms with Crippen LogP contribution in [0.4, 0.5) is 15.8 Å². The van der Waals surface area contributed by atoms with E-state index >= 15 is 0 Å². The molecule has 0 spiro atoms. The van der Waals surface area contributed by atoms with Crippen LogP contribution in [0.15, 0.2) is 30.6 Å². The monoisotopic (exact) mass is 294 g/mol. The number of nitro benzene ring substituents is 1. The van der Waals surface area contributed by atoms with E-state index in [4.69, 9.17) is 5.11 Å². The molecule has 0 radical (unpaired) electrons. The highest BCUT2D eigenvalue weighted by Gasteiger charge is 2.21. The van der Waals surface area contributed by atoms with Gasteiger partial charge >= 0.3 is 5.97 Å². The SMILES string of the molecule is O=C(O)c1cc([N+](=O)[O-])c(NCCn2cccn2)cc1F. The molecule has 2 aromatic rings. The summed E-state index contributed by atoms with van der Waals surface area (Å²) in [7, 11) is 0. The van der Waals surface area contributed by atoms with Gasteiger partial charge in [0, 0.05) is 31.1 Å². The average Bonchev–Trinajstić information content (AvgIpc) is 2.91. The van der Waals surface area contributed by atoms with Crippen molar-refractivity contribution in [1.29, 1.82) is 0 Å². The van der Waals surface area contributed by atoms with Crippen molar-refractivity contribution in [2.24, 2.45) is 0 Å². The van der Waals surface area contributed by atoms with Crippen LogP contribution in [0.5, 0.6) is 0 Å². The number of aromatic carboxylic acids is 1. The third-order valence-corrected chi connectivity index (χ3v) is 2.73. The predicted octanol–water partition coefficient (Wildman–Crippen LogP) is 1.74. The van der Waals surface area contributed by atoms with E-state index < -0.39 is 28.0 Å². The van der Waals surface area contributed by atoms with Crippen molar-refractivity contribution in [1.82, 2.24) is 9.78 Å². The second kappa shape index (κ2) is 5.99. The summed E-state index contributed by atoms with van der Waals surface area (Å²) < 4.78 is 15.2. The highest BCUT2D eigenvalue weighted by molar-refractivity contribution is 5.90. The van der Waals surface area contributed by atoms with Crippen molar-refractivity contribution in [2.75, 3.05) is 11.9 Å². The van der Waals surface area contributed by atoms with Crippen LogP contribution in [-0.4, -0.2) is 32.3 Å². The van der Waals surface area contributed by atoms with Gasteiger partial charge in [-0.25, -0.2) is 9.18 Å². The summed E-state index contributed by atoms with van der Waals surface area (Å²) in [4.78, 5) is 21.0. The zero-order valence-electron chi connectivity index (χ0n) is 10.7. The number of hydrogen-bond acceptors (Lipinski definition) is 5. The summed E-state index contributed by atoms with van der Waals surface area (Å²) in [6, 6.07) is 3.24. The molecule has 9 heteroatoms. The largest absolute Gasteiger partial charge is 0.478 e. The zero-order chi connectivity index (χ0) is 15.4. The molecule has 110 valence electrons. The van der Waals surface area contributed by atoms with Crippen molar-refractivity contribution in [3.8, 4) is 0 Å². The summed E-state index contributed by atoms with van der Waals surface area (Å²) in [6.45, 7) is 0.695. The summed E-state index contributed by atoms with van der Waals surface area (Å²) in [5.41, 5.74) is -1.30. The second-order valence-corrected chi connectivity index (χ2v) is 4.11. The van der Waals surface area contributed by atoms with E-state index in [0.717, 1.165) is 6.07 Å². The van der Waals surface area contributed by atoms with Gasteiger partial charge in [-0.2, -0.15) is 5.10 Å². The van der Waals surface area contributed by atoms with Gasteiger partial charge < -0.3 is 10.4 Å². The zero-order valence-corrected chi connectivity index (χ0v) is 10.7. The lowest BCUT2D eigenvalue weighted by atomic mass is 10.1. The van der Waals surface area contributed by atoms with Crippen molar-refractivity contribution >= 4 is 17.3 Å². The smallest absolute Gasteiger partial charge is 0.338 e. The van der Waals surface area contributed by atoms with Crippen LogP contribution in [0.1, 0.15) is 10.4 Å². The first-order chi connectivity index (χ1) is 9.99. The molecule has 1 aromatic carbocycles. The van der Waals surface area contributed by atoms with Crippen LogP contribution < -0.4 is 5.32 Å². The number of benzene rings is 1. The maximum Gasteiger partial charge on any atom is 0.338 e. The van der Waals surface area contributed by atoms with Crippen LogP contribution in [0.3, 0.4) is 0 Å². The van der Waals surface area contributed by atoms with E-state index in [2.05, 4.69) is 10.4 Å². The van der Waals surface area contributed by atoms with E-state index in [0.29, 0.717) is 12.6 Å². The Morgan fingerprint density at radius 3 is 2.86 bits per heavy atom. The van der Waals surface area contributed by atoms with Gasteiger partial charge in [-0.05, 0) is 6.07 Å². The first-order valence-electron chi connectivity index (χ1n) is 5.91. The van der Waals surface area contributed by atoms with E-state index in [-0.39, 0.29) is 12.2 Å². The fourth-order valence-corrected chi connectivity index (χ4v) is 1.76. The van der Waals surface area contributed by atoms with Gasteiger partial charge in [0.2, 0.25) is 0 Å². The van der Waals surface area contributed by atoms with Crippen molar-refractivity contribution < 1.29 is 19.2 Å². The van der Waals surface area contributed by atoms with Crippen molar-refractivity contribution in [2.45, 2.75) is 6.54 Å².